The Labute approximate surface area is 120 Å². The summed E-state index contributed by atoms with van der Waals surface area (Å²) in [5, 5.41) is 3.48. The average Bonchev–Trinajstić information content (AvgIpc) is 2.27. The summed E-state index contributed by atoms with van der Waals surface area (Å²) in [5.74, 6) is 0. The van der Waals surface area contributed by atoms with Gasteiger partial charge in [0.1, 0.15) is 0 Å². The van der Waals surface area contributed by atoms with Crippen molar-refractivity contribution >= 4 is 0 Å². The third-order valence-electron chi connectivity index (χ3n) is 4.57. The Kier molecular flexibility index (Phi) is 7.33. The molecule has 0 aromatic carbocycles. The molecule has 0 unspecified atom stereocenters. The molecule has 3 heteroatoms. The van der Waals surface area contributed by atoms with Gasteiger partial charge in [0.15, 0.2) is 0 Å². The molecule has 0 aromatic rings. The van der Waals surface area contributed by atoms with Crippen molar-refractivity contribution in [2.24, 2.45) is 0 Å². The molecule has 1 saturated carbocycles. The van der Waals surface area contributed by atoms with Gasteiger partial charge in [-0.05, 0) is 66.3 Å². The van der Waals surface area contributed by atoms with Crippen LogP contribution in [0.2, 0.25) is 0 Å². The molecule has 0 heterocycles. The van der Waals surface area contributed by atoms with Crippen molar-refractivity contribution in [2.45, 2.75) is 64.0 Å². The van der Waals surface area contributed by atoms with E-state index in [1.54, 1.807) is 0 Å². The number of nitrogens with one attached hydrogen (secondary N) is 1. The van der Waals surface area contributed by atoms with E-state index in [0.29, 0.717) is 11.6 Å². The first-order chi connectivity index (χ1) is 8.96. The zero-order chi connectivity index (χ0) is 14.3. The van der Waals surface area contributed by atoms with Crippen LogP contribution in [-0.2, 0) is 0 Å². The van der Waals surface area contributed by atoms with Crippen LogP contribution in [0.4, 0.5) is 0 Å². The highest BCUT2D eigenvalue weighted by molar-refractivity contribution is 4.97. The highest BCUT2D eigenvalue weighted by atomic mass is 15.2. The van der Waals surface area contributed by atoms with Crippen LogP contribution in [0.15, 0.2) is 0 Å². The summed E-state index contributed by atoms with van der Waals surface area (Å²) in [4.78, 5) is 4.98. The Balaban J connectivity index is 2.06. The van der Waals surface area contributed by atoms with Crippen LogP contribution in [0.3, 0.4) is 0 Å². The highest BCUT2D eigenvalue weighted by Gasteiger charge is 2.39. The summed E-state index contributed by atoms with van der Waals surface area (Å²) in [6.07, 6.45) is 8.15. The number of rotatable bonds is 10. The van der Waals surface area contributed by atoms with Gasteiger partial charge >= 0.3 is 0 Å². The lowest BCUT2D eigenvalue weighted by atomic mass is 9.75. The first kappa shape index (κ1) is 16.9. The minimum atomic E-state index is 0.480. The number of nitrogens with zero attached hydrogens (tertiary/aromatic N) is 2. The topological polar surface area (TPSA) is 18.5 Å². The van der Waals surface area contributed by atoms with E-state index in [-0.39, 0.29) is 0 Å². The maximum absolute atomic E-state index is 3.48. The normalized spacial score (nSPS) is 18.3. The van der Waals surface area contributed by atoms with Crippen LogP contribution in [-0.4, -0.2) is 62.2 Å². The quantitative estimate of drug-likeness (QED) is 0.615. The molecule has 1 rings (SSSR count). The lowest BCUT2D eigenvalue weighted by Gasteiger charge is -2.49. The lowest BCUT2D eigenvalue weighted by molar-refractivity contribution is 0.0275. The molecule has 1 N–H and O–H groups in total. The number of hydrogen-bond donors (Lipinski definition) is 1. The molecule has 1 fully saturated rings. The van der Waals surface area contributed by atoms with Gasteiger partial charge in [0.05, 0.1) is 0 Å². The second kappa shape index (κ2) is 8.23. The summed E-state index contributed by atoms with van der Waals surface area (Å²) < 4.78 is 0. The van der Waals surface area contributed by atoms with E-state index in [4.69, 9.17) is 0 Å². The van der Waals surface area contributed by atoms with Gasteiger partial charge in [0, 0.05) is 18.1 Å². The molecule has 0 aliphatic heterocycles. The van der Waals surface area contributed by atoms with Gasteiger partial charge in [0.25, 0.3) is 0 Å². The van der Waals surface area contributed by atoms with E-state index in [2.05, 4.69) is 50.1 Å². The SMILES string of the molecule is CC(C)NCCCCCN(C)CC1(N(C)C)CCC1. The Bertz CT molecular complexity index is 234. The van der Waals surface area contributed by atoms with E-state index in [1.807, 2.05) is 0 Å². The molecule has 1 aliphatic rings. The lowest BCUT2D eigenvalue weighted by Crippen LogP contribution is -2.56. The fraction of sp³-hybridized carbons (Fsp3) is 1.00. The zero-order valence-corrected chi connectivity index (χ0v) is 13.8. The Morgan fingerprint density at radius 3 is 2.21 bits per heavy atom. The molecule has 0 amide bonds. The molecule has 3 nitrogen and oxygen atoms in total. The van der Waals surface area contributed by atoms with Crippen molar-refractivity contribution in [3.63, 3.8) is 0 Å². The summed E-state index contributed by atoms with van der Waals surface area (Å²) in [6, 6.07) is 0.626. The standard InChI is InChI=1S/C16H35N3/c1-15(2)17-12-7-6-8-13-19(5)14-16(18(3)4)10-9-11-16/h15,17H,6-14H2,1-5H3. The highest BCUT2D eigenvalue weighted by Crippen LogP contribution is 2.36. The largest absolute Gasteiger partial charge is 0.315 e. The molecular weight excluding hydrogens is 234 g/mol. The Morgan fingerprint density at radius 1 is 1.05 bits per heavy atom. The number of unbranched alkanes of at least 4 members (excludes halogenated alkanes) is 2. The van der Waals surface area contributed by atoms with Crippen LogP contribution in [0, 0.1) is 0 Å². The molecular formula is C16H35N3. The van der Waals surface area contributed by atoms with Crippen LogP contribution in [0.5, 0.6) is 0 Å². The average molecular weight is 269 g/mol. The van der Waals surface area contributed by atoms with Crippen molar-refractivity contribution in [2.75, 3.05) is 40.8 Å². The van der Waals surface area contributed by atoms with Gasteiger partial charge in [-0.3, -0.25) is 0 Å². The van der Waals surface area contributed by atoms with Crippen LogP contribution < -0.4 is 5.32 Å². The third kappa shape index (κ3) is 5.80. The molecule has 0 bridgehead atoms. The van der Waals surface area contributed by atoms with Gasteiger partial charge in [-0.1, -0.05) is 20.3 Å². The smallest absolute Gasteiger partial charge is 0.0330 e. The van der Waals surface area contributed by atoms with Gasteiger partial charge in [-0.15, -0.1) is 0 Å². The van der Waals surface area contributed by atoms with Gasteiger partial charge in [-0.25, -0.2) is 0 Å². The Morgan fingerprint density at radius 2 is 1.74 bits per heavy atom. The van der Waals surface area contributed by atoms with Crippen LogP contribution in [0.25, 0.3) is 0 Å². The first-order valence-corrected chi connectivity index (χ1v) is 8.06. The first-order valence-electron chi connectivity index (χ1n) is 8.06. The number of hydrogen-bond acceptors (Lipinski definition) is 3. The molecule has 19 heavy (non-hydrogen) atoms. The van der Waals surface area contributed by atoms with Crippen LogP contribution in [0.1, 0.15) is 52.4 Å². The molecule has 0 spiro atoms. The monoisotopic (exact) mass is 269 g/mol. The van der Waals surface area contributed by atoms with Crippen LogP contribution >= 0.6 is 0 Å². The third-order valence-corrected chi connectivity index (χ3v) is 4.57. The molecule has 0 saturated heterocycles. The summed E-state index contributed by atoms with van der Waals surface area (Å²) in [6.45, 7) is 8.09. The predicted molar refractivity (Wildman–Crippen MR) is 84.8 cm³/mol. The van der Waals surface area contributed by atoms with Crippen molar-refractivity contribution in [3.8, 4) is 0 Å². The molecule has 114 valence electrons. The summed E-state index contributed by atoms with van der Waals surface area (Å²) >= 11 is 0. The summed E-state index contributed by atoms with van der Waals surface area (Å²) in [7, 11) is 6.77. The second-order valence-corrected chi connectivity index (χ2v) is 6.88. The fourth-order valence-electron chi connectivity index (χ4n) is 2.99. The van der Waals surface area contributed by atoms with E-state index >= 15 is 0 Å². The van der Waals surface area contributed by atoms with Gasteiger partial charge < -0.3 is 15.1 Å². The fourth-order valence-corrected chi connectivity index (χ4v) is 2.99. The summed E-state index contributed by atoms with van der Waals surface area (Å²) in [5.41, 5.74) is 0.480. The number of likely N-dealkylation sites (N-methyl/N-ethyl adjacent to an activating group) is 2. The Hall–Kier alpha value is -0.120. The molecule has 0 aromatic heterocycles. The van der Waals surface area contributed by atoms with Gasteiger partial charge in [0.2, 0.25) is 0 Å². The van der Waals surface area contributed by atoms with E-state index in [9.17, 15) is 0 Å². The van der Waals surface area contributed by atoms with Crippen molar-refractivity contribution in [3.05, 3.63) is 0 Å². The van der Waals surface area contributed by atoms with Crippen molar-refractivity contribution < 1.29 is 0 Å². The maximum atomic E-state index is 3.48. The van der Waals surface area contributed by atoms with E-state index < -0.39 is 0 Å². The van der Waals surface area contributed by atoms with E-state index in [0.717, 1.165) is 0 Å². The molecule has 0 radical (unpaired) electrons. The molecule has 1 aliphatic carbocycles. The zero-order valence-electron chi connectivity index (χ0n) is 13.8. The minimum Gasteiger partial charge on any atom is -0.315 e. The van der Waals surface area contributed by atoms with Crippen molar-refractivity contribution in [1.82, 2.24) is 15.1 Å². The van der Waals surface area contributed by atoms with Gasteiger partial charge in [-0.2, -0.15) is 0 Å². The van der Waals surface area contributed by atoms with E-state index in [1.165, 1.54) is 58.2 Å². The van der Waals surface area contributed by atoms with Crippen molar-refractivity contribution in [1.29, 1.82) is 0 Å². The minimum absolute atomic E-state index is 0.480. The molecule has 0 atom stereocenters. The second-order valence-electron chi connectivity index (χ2n) is 6.88. The maximum Gasteiger partial charge on any atom is 0.0330 e. The predicted octanol–water partition coefficient (Wildman–Crippen LogP) is 2.57.